The average Bonchev–Trinajstić information content (AvgIpc) is 2.66. The van der Waals surface area contributed by atoms with Gasteiger partial charge in [0.2, 0.25) is 0 Å². The van der Waals surface area contributed by atoms with Crippen molar-refractivity contribution in [3.05, 3.63) is 59.7 Å². The molecule has 2 atom stereocenters. The third-order valence-corrected chi connectivity index (χ3v) is 3.96. The van der Waals surface area contributed by atoms with Crippen LogP contribution in [0.5, 0.6) is 11.5 Å². The summed E-state index contributed by atoms with van der Waals surface area (Å²) in [5.74, 6) is 1.24. The van der Waals surface area contributed by atoms with Gasteiger partial charge in [0.1, 0.15) is 24.1 Å². The predicted octanol–water partition coefficient (Wildman–Crippen LogP) is 3.49. The molecule has 5 nitrogen and oxygen atoms in total. The summed E-state index contributed by atoms with van der Waals surface area (Å²) in [5.41, 5.74) is 1.94. The number of hydrogen-bond donors (Lipinski definition) is 1. The van der Waals surface area contributed by atoms with Crippen molar-refractivity contribution in [1.82, 2.24) is 5.32 Å². The van der Waals surface area contributed by atoms with Crippen molar-refractivity contribution >= 4 is 5.97 Å². The molecular weight excluding hydrogens is 318 g/mol. The quantitative estimate of drug-likeness (QED) is 0.744. The van der Waals surface area contributed by atoms with Crippen LogP contribution in [0.25, 0.3) is 0 Å². The number of methoxy groups -OCH3 is 2. The van der Waals surface area contributed by atoms with Crippen LogP contribution < -0.4 is 14.8 Å². The number of ether oxygens (including phenoxy) is 3. The van der Waals surface area contributed by atoms with Crippen molar-refractivity contribution in [3.8, 4) is 11.5 Å². The van der Waals surface area contributed by atoms with Gasteiger partial charge in [-0.25, -0.2) is 0 Å². The Hall–Kier alpha value is -2.53. The summed E-state index contributed by atoms with van der Waals surface area (Å²) in [4.78, 5) is 12.2. The highest BCUT2D eigenvalue weighted by Crippen LogP contribution is 2.19. The van der Waals surface area contributed by atoms with E-state index >= 15 is 0 Å². The fraction of sp³-hybridized carbons (Fsp3) is 0.350. The minimum absolute atomic E-state index is 0.00512. The number of esters is 1. The molecule has 0 radical (unpaired) electrons. The first-order chi connectivity index (χ1) is 12.0. The van der Waals surface area contributed by atoms with Gasteiger partial charge < -0.3 is 14.2 Å². The zero-order valence-electron chi connectivity index (χ0n) is 15.1. The van der Waals surface area contributed by atoms with Crippen LogP contribution in [0.15, 0.2) is 48.5 Å². The summed E-state index contributed by atoms with van der Waals surface area (Å²) in [5, 5.41) is 3.25. The number of carbonyl (C=O) groups is 1. The molecular formula is C20H25NO4. The number of rotatable bonds is 8. The van der Waals surface area contributed by atoms with Gasteiger partial charge in [-0.3, -0.25) is 10.1 Å². The molecule has 25 heavy (non-hydrogen) atoms. The highest BCUT2D eigenvalue weighted by molar-refractivity contribution is 5.75. The Morgan fingerprint density at radius 3 is 2.32 bits per heavy atom. The largest absolute Gasteiger partial charge is 0.497 e. The highest BCUT2D eigenvalue weighted by Gasteiger charge is 2.18. The van der Waals surface area contributed by atoms with Crippen molar-refractivity contribution in [2.75, 3.05) is 14.2 Å². The Kier molecular flexibility index (Phi) is 6.83. The van der Waals surface area contributed by atoms with Crippen LogP contribution in [0, 0.1) is 0 Å². The predicted molar refractivity (Wildman–Crippen MR) is 96.8 cm³/mol. The lowest BCUT2D eigenvalue weighted by atomic mass is 10.1. The highest BCUT2D eigenvalue weighted by atomic mass is 16.5. The van der Waals surface area contributed by atoms with E-state index in [-0.39, 0.29) is 18.6 Å². The molecule has 0 unspecified atom stereocenters. The Bertz CT molecular complexity index is 702. The van der Waals surface area contributed by atoms with Gasteiger partial charge in [0.25, 0.3) is 0 Å². The lowest BCUT2D eigenvalue weighted by Crippen LogP contribution is -2.37. The summed E-state index contributed by atoms with van der Waals surface area (Å²) < 4.78 is 15.8. The maximum atomic E-state index is 12.2. The number of nitrogens with one attached hydrogen (secondary N) is 1. The molecule has 0 aliphatic carbocycles. The van der Waals surface area contributed by atoms with Gasteiger partial charge in [0.05, 0.1) is 14.2 Å². The molecule has 0 saturated heterocycles. The summed E-state index contributed by atoms with van der Waals surface area (Å²) in [6.45, 7) is 4.01. The number of carbonyl (C=O) groups excluding carboxylic acids is 1. The van der Waals surface area contributed by atoms with Crippen LogP contribution in [0.4, 0.5) is 0 Å². The lowest BCUT2D eigenvalue weighted by molar-refractivity contribution is -0.147. The van der Waals surface area contributed by atoms with Gasteiger partial charge in [0, 0.05) is 6.04 Å². The van der Waals surface area contributed by atoms with E-state index in [1.807, 2.05) is 55.5 Å². The van der Waals surface area contributed by atoms with E-state index in [1.165, 1.54) is 0 Å². The van der Waals surface area contributed by atoms with Crippen LogP contribution in [0.2, 0.25) is 0 Å². The molecule has 0 amide bonds. The summed E-state index contributed by atoms with van der Waals surface area (Å²) >= 11 is 0. The van der Waals surface area contributed by atoms with E-state index in [9.17, 15) is 4.79 Å². The Labute approximate surface area is 148 Å². The van der Waals surface area contributed by atoms with Gasteiger partial charge in [-0.15, -0.1) is 0 Å². The Morgan fingerprint density at radius 1 is 1.00 bits per heavy atom. The first kappa shape index (κ1) is 18.8. The average molecular weight is 343 g/mol. The molecule has 2 aromatic carbocycles. The molecule has 0 fully saturated rings. The maximum Gasteiger partial charge on any atom is 0.323 e. The number of hydrogen-bond acceptors (Lipinski definition) is 5. The first-order valence-electron chi connectivity index (χ1n) is 8.23. The smallest absolute Gasteiger partial charge is 0.323 e. The first-order valence-corrected chi connectivity index (χ1v) is 8.23. The second-order valence-electron chi connectivity index (χ2n) is 5.85. The zero-order valence-corrected chi connectivity index (χ0v) is 15.1. The van der Waals surface area contributed by atoms with Crippen molar-refractivity contribution < 1.29 is 19.0 Å². The van der Waals surface area contributed by atoms with E-state index in [4.69, 9.17) is 14.2 Å². The molecule has 0 bridgehead atoms. The molecule has 0 aliphatic rings. The summed E-state index contributed by atoms with van der Waals surface area (Å²) in [6, 6.07) is 14.8. The summed E-state index contributed by atoms with van der Waals surface area (Å²) in [7, 11) is 3.24. The standard InChI is InChI=1S/C20H25NO4/c1-14(17-8-6-10-19(12-17)24-4)21-15(2)20(22)25-13-16-7-5-9-18(11-16)23-3/h5-12,14-15,21H,13H2,1-4H3/t14-,15+/m1/s1. The maximum absolute atomic E-state index is 12.2. The molecule has 2 aromatic rings. The molecule has 0 aromatic heterocycles. The van der Waals surface area contributed by atoms with Crippen LogP contribution in [0.1, 0.15) is 31.0 Å². The zero-order chi connectivity index (χ0) is 18.2. The fourth-order valence-electron chi connectivity index (χ4n) is 2.49. The molecule has 0 heterocycles. The number of benzene rings is 2. The SMILES string of the molecule is COc1cccc(COC(=O)[C@H](C)N[C@H](C)c2cccc(OC)c2)c1. The third kappa shape index (κ3) is 5.50. The molecule has 1 N–H and O–H groups in total. The summed E-state index contributed by atoms with van der Waals surface area (Å²) in [6.07, 6.45) is 0. The monoisotopic (exact) mass is 343 g/mol. The minimum atomic E-state index is -0.424. The molecule has 2 rings (SSSR count). The third-order valence-electron chi connectivity index (χ3n) is 3.96. The van der Waals surface area contributed by atoms with E-state index in [1.54, 1.807) is 21.1 Å². The van der Waals surface area contributed by atoms with Crippen molar-refractivity contribution in [3.63, 3.8) is 0 Å². The van der Waals surface area contributed by atoms with E-state index < -0.39 is 6.04 Å². The Balaban J connectivity index is 1.88. The topological polar surface area (TPSA) is 56.8 Å². The van der Waals surface area contributed by atoms with Crippen molar-refractivity contribution in [1.29, 1.82) is 0 Å². The lowest BCUT2D eigenvalue weighted by Gasteiger charge is -2.20. The van der Waals surface area contributed by atoms with E-state index in [0.717, 1.165) is 22.6 Å². The molecule has 134 valence electrons. The van der Waals surface area contributed by atoms with Gasteiger partial charge >= 0.3 is 5.97 Å². The molecule has 0 spiro atoms. The Morgan fingerprint density at radius 2 is 1.64 bits per heavy atom. The van der Waals surface area contributed by atoms with Crippen LogP contribution in [-0.2, 0) is 16.1 Å². The van der Waals surface area contributed by atoms with Gasteiger partial charge in [-0.2, -0.15) is 0 Å². The van der Waals surface area contributed by atoms with E-state index in [2.05, 4.69) is 5.32 Å². The second-order valence-corrected chi connectivity index (χ2v) is 5.85. The van der Waals surface area contributed by atoms with E-state index in [0.29, 0.717) is 0 Å². The van der Waals surface area contributed by atoms with Crippen LogP contribution in [-0.4, -0.2) is 26.2 Å². The van der Waals surface area contributed by atoms with Gasteiger partial charge in [-0.05, 0) is 49.2 Å². The van der Waals surface area contributed by atoms with Crippen molar-refractivity contribution in [2.24, 2.45) is 0 Å². The van der Waals surface area contributed by atoms with Crippen molar-refractivity contribution in [2.45, 2.75) is 32.5 Å². The molecule has 0 saturated carbocycles. The van der Waals surface area contributed by atoms with Crippen LogP contribution in [0.3, 0.4) is 0 Å². The normalized spacial score (nSPS) is 13.0. The van der Waals surface area contributed by atoms with Gasteiger partial charge in [0.15, 0.2) is 0 Å². The second kappa shape index (κ2) is 9.08. The fourth-order valence-corrected chi connectivity index (χ4v) is 2.49. The van der Waals surface area contributed by atoms with Crippen LogP contribution >= 0.6 is 0 Å². The molecule has 0 aliphatic heterocycles. The van der Waals surface area contributed by atoms with Gasteiger partial charge in [-0.1, -0.05) is 24.3 Å². The molecule has 5 heteroatoms. The minimum Gasteiger partial charge on any atom is -0.497 e.